The lowest BCUT2D eigenvalue weighted by Gasteiger charge is -2.18. The van der Waals surface area contributed by atoms with Crippen LogP contribution in [0.2, 0.25) is 0 Å². The summed E-state index contributed by atoms with van der Waals surface area (Å²) in [5.41, 5.74) is 1.88. The van der Waals surface area contributed by atoms with Crippen molar-refractivity contribution in [3.63, 3.8) is 0 Å². The summed E-state index contributed by atoms with van der Waals surface area (Å²) in [6.07, 6.45) is -2.08. The Morgan fingerprint density at radius 1 is 1.44 bits per heavy atom. The van der Waals surface area contributed by atoms with Gasteiger partial charge in [0.1, 0.15) is 6.10 Å². The fourth-order valence-corrected chi connectivity index (χ4v) is 1.64. The number of aryl methyl sites for hydroxylation is 1. The highest BCUT2D eigenvalue weighted by atomic mass is 35.5. The van der Waals surface area contributed by atoms with E-state index >= 15 is 0 Å². The van der Waals surface area contributed by atoms with Gasteiger partial charge in [0.2, 0.25) is 0 Å². The molecule has 3 nitrogen and oxygen atoms in total. The number of benzene rings is 1. The Morgan fingerprint density at radius 2 is 2.06 bits per heavy atom. The monoisotopic (exact) mass is 242 g/mol. The molecule has 88 valence electrons. The second-order valence-electron chi connectivity index (χ2n) is 3.79. The van der Waals surface area contributed by atoms with E-state index < -0.39 is 12.2 Å². The van der Waals surface area contributed by atoms with Crippen molar-refractivity contribution in [2.75, 3.05) is 5.88 Å². The molecule has 0 aliphatic heterocycles. The number of Topliss-reactive ketones (excluding diaryl/α,β-unsaturated/α-hetero) is 1. The second-order valence-corrected chi connectivity index (χ2v) is 4.10. The number of rotatable bonds is 4. The first-order chi connectivity index (χ1) is 7.47. The van der Waals surface area contributed by atoms with Crippen molar-refractivity contribution in [1.82, 2.24) is 0 Å². The van der Waals surface area contributed by atoms with Gasteiger partial charge in [0, 0.05) is 5.56 Å². The van der Waals surface area contributed by atoms with Gasteiger partial charge in [0.25, 0.3) is 0 Å². The summed E-state index contributed by atoms with van der Waals surface area (Å²) < 4.78 is 0. The molecule has 1 rings (SSSR count). The third kappa shape index (κ3) is 2.82. The van der Waals surface area contributed by atoms with Gasteiger partial charge in [-0.1, -0.05) is 12.1 Å². The maximum Gasteiger partial charge on any atom is 0.159 e. The van der Waals surface area contributed by atoms with Gasteiger partial charge >= 0.3 is 0 Å². The first-order valence-electron chi connectivity index (χ1n) is 5.01. The van der Waals surface area contributed by atoms with Crippen LogP contribution in [0.5, 0.6) is 0 Å². The molecule has 0 aliphatic rings. The lowest BCUT2D eigenvalue weighted by atomic mass is 9.96. The van der Waals surface area contributed by atoms with Crippen LogP contribution < -0.4 is 0 Å². The molecule has 1 aromatic carbocycles. The van der Waals surface area contributed by atoms with Crippen LogP contribution in [0.3, 0.4) is 0 Å². The topological polar surface area (TPSA) is 57.5 Å². The summed E-state index contributed by atoms with van der Waals surface area (Å²) >= 11 is 5.47. The third-order valence-electron chi connectivity index (χ3n) is 2.53. The zero-order chi connectivity index (χ0) is 12.3. The quantitative estimate of drug-likeness (QED) is 0.626. The summed E-state index contributed by atoms with van der Waals surface area (Å²) in [5.74, 6) is -0.126. The molecule has 1 aromatic rings. The first kappa shape index (κ1) is 13.2. The minimum absolute atomic E-state index is 0.0507. The Balaban J connectivity index is 3.11. The molecule has 2 atom stereocenters. The Morgan fingerprint density at radius 3 is 2.56 bits per heavy atom. The molecule has 0 saturated heterocycles. The molecule has 4 heteroatoms. The SMILES string of the molecule is CC(=O)c1ccc(C)c(C(O)C(O)CCl)c1. The molecule has 0 aromatic heterocycles. The normalized spacial score (nSPS) is 14.6. The van der Waals surface area contributed by atoms with Crippen molar-refractivity contribution < 1.29 is 15.0 Å². The Hall–Kier alpha value is -0.900. The smallest absolute Gasteiger partial charge is 0.159 e. The van der Waals surface area contributed by atoms with Gasteiger partial charge in [-0.15, -0.1) is 11.6 Å². The molecule has 0 amide bonds. The van der Waals surface area contributed by atoms with Crippen molar-refractivity contribution >= 4 is 17.4 Å². The molecule has 0 fully saturated rings. The van der Waals surface area contributed by atoms with Gasteiger partial charge < -0.3 is 10.2 Å². The number of hydrogen-bond acceptors (Lipinski definition) is 3. The summed E-state index contributed by atoms with van der Waals surface area (Å²) in [4.78, 5) is 11.2. The fourth-order valence-electron chi connectivity index (χ4n) is 1.47. The molecular formula is C12H15ClO3. The summed E-state index contributed by atoms with van der Waals surface area (Å²) in [5, 5.41) is 19.3. The van der Waals surface area contributed by atoms with Gasteiger partial charge in [0.05, 0.1) is 12.0 Å². The van der Waals surface area contributed by atoms with E-state index in [2.05, 4.69) is 0 Å². The number of aliphatic hydroxyl groups excluding tert-OH is 2. The average molecular weight is 243 g/mol. The number of hydrogen-bond donors (Lipinski definition) is 2. The standard InChI is InChI=1S/C12H15ClO3/c1-7-3-4-9(8(2)14)5-10(7)12(16)11(15)6-13/h3-5,11-12,15-16H,6H2,1-2H3. The number of aliphatic hydroxyl groups is 2. The third-order valence-corrected chi connectivity index (χ3v) is 2.84. The first-order valence-corrected chi connectivity index (χ1v) is 5.54. The van der Waals surface area contributed by atoms with E-state index in [0.29, 0.717) is 11.1 Å². The van der Waals surface area contributed by atoms with Gasteiger partial charge in [-0.25, -0.2) is 0 Å². The van der Waals surface area contributed by atoms with Gasteiger partial charge in [-0.2, -0.15) is 0 Å². The molecule has 0 aliphatic carbocycles. The maximum absolute atomic E-state index is 11.2. The minimum Gasteiger partial charge on any atom is -0.389 e. The number of halogens is 1. The Kier molecular flexibility index (Phi) is 4.47. The summed E-state index contributed by atoms with van der Waals surface area (Å²) in [7, 11) is 0. The van der Waals surface area contributed by atoms with Crippen LogP contribution in [0.1, 0.15) is 34.5 Å². The maximum atomic E-state index is 11.2. The van der Waals surface area contributed by atoms with Crippen LogP contribution in [0.25, 0.3) is 0 Å². The lowest BCUT2D eigenvalue weighted by Crippen LogP contribution is -2.20. The summed E-state index contributed by atoms with van der Waals surface area (Å²) in [6.45, 7) is 3.27. The largest absolute Gasteiger partial charge is 0.389 e. The molecule has 0 radical (unpaired) electrons. The molecule has 2 N–H and O–H groups in total. The van der Waals surface area contributed by atoms with Crippen molar-refractivity contribution in [1.29, 1.82) is 0 Å². The van der Waals surface area contributed by atoms with E-state index in [9.17, 15) is 15.0 Å². The van der Waals surface area contributed by atoms with Crippen molar-refractivity contribution in [3.05, 3.63) is 34.9 Å². The number of carbonyl (C=O) groups excluding carboxylic acids is 1. The Bertz CT molecular complexity index is 390. The van der Waals surface area contributed by atoms with Crippen LogP contribution in [0.4, 0.5) is 0 Å². The highest BCUT2D eigenvalue weighted by molar-refractivity contribution is 6.18. The van der Waals surface area contributed by atoms with Gasteiger partial charge in [0.15, 0.2) is 5.78 Å². The van der Waals surface area contributed by atoms with Crippen LogP contribution in [-0.4, -0.2) is 28.0 Å². The van der Waals surface area contributed by atoms with Crippen molar-refractivity contribution in [2.24, 2.45) is 0 Å². The zero-order valence-electron chi connectivity index (χ0n) is 9.27. The molecule has 2 unspecified atom stereocenters. The van der Waals surface area contributed by atoms with Gasteiger partial charge in [-0.3, -0.25) is 4.79 Å². The highest BCUT2D eigenvalue weighted by Crippen LogP contribution is 2.23. The van der Waals surface area contributed by atoms with Crippen molar-refractivity contribution in [3.8, 4) is 0 Å². The fraction of sp³-hybridized carbons (Fsp3) is 0.417. The molecule has 0 saturated carbocycles. The van der Waals surface area contributed by atoms with Crippen molar-refractivity contribution in [2.45, 2.75) is 26.1 Å². The van der Waals surface area contributed by atoms with Gasteiger partial charge in [-0.05, 0) is 31.0 Å². The van der Waals surface area contributed by atoms with Crippen LogP contribution in [0.15, 0.2) is 18.2 Å². The highest BCUT2D eigenvalue weighted by Gasteiger charge is 2.19. The predicted octanol–water partition coefficient (Wildman–Crippen LogP) is 1.83. The van der Waals surface area contributed by atoms with Crippen LogP contribution in [-0.2, 0) is 0 Å². The van der Waals surface area contributed by atoms with Crippen LogP contribution >= 0.6 is 11.6 Å². The van der Waals surface area contributed by atoms with Crippen LogP contribution in [0, 0.1) is 6.92 Å². The number of carbonyl (C=O) groups is 1. The molecule has 0 bridgehead atoms. The van der Waals surface area contributed by atoms with E-state index in [1.54, 1.807) is 18.2 Å². The molecular weight excluding hydrogens is 228 g/mol. The van der Waals surface area contributed by atoms with E-state index in [1.165, 1.54) is 6.92 Å². The number of alkyl halides is 1. The van der Waals surface area contributed by atoms with E-state index in [0.717, 1.165) is 5.56 Å². The van der Waals surface area contributed by atoms with E-state index in [-0.39, 0.29) is 11.7 Å². The minimum atomic E-state index is -1.06. The summed E-state index contributed by atoms with van der Waals surface area (Å²) in [6, 6.07) is 5.04. The Labute approximate surface area is 99.7 Å². The van der Waals surface area contributed by atoms with E-state index in [1.807, 2.05) is 6.92 Å². The predicted molar refractivity (Wildman–Crippen MR) is 62.9 cm³/mol. The molecule has 0 spiro atoms. The lowest BCUT2D eigenvalue weighted by molar-refractivity contribution is 0.0323. The molecule has 16 heavy (non-hydrogen) atoms. The van der Waals surface area contributed by atoms with E-state index in [4.69, 9.17) is 11.6 Å². The second kappa shape index (κ2) is 5.43. The average Bonchev–Trinajstić information content (AvgIpc) is 2.27. The number of ketones is 1. The zero-order valence-corrected chi connectivity index (χ0v) is 10.0. The molecule has 0 heterocycles.